The van der Waals surface area contributed by atoms with Gasteiger partial charge in [0.25, 0.3) is 5.91 Å². The Morgan fingerprint density at radius 1 is 1.17 bits per heavy atom. The number of amides is 1. The van der Waals surface area contributed by atoms with Gasteiger partial charge in [-0.1, -0.05) is 35.9 Å². The third kappa shape index (κ3) is 4.47. The van der Waals surface area contributed by atoms with Crippen molar-refractivity contribution in [3.05, 3.63) is 64.7 Å². The molecule has 1 unspecified atom stereocenters. The Labute approximate surface area is 138 Å². The van der Waals surface area contributed by atoms with Crippen LogP contribution in [0, 0.1) is 0 Å². The van der Waals surface area contributed by atoms with Crippen LogP contribution < -0.4 is 10.1 Å². The molecule has 2 aromatic rings. The summed E-state index contributed by atoms with van der Waals surface area (Å²) in [5.74, 6) is -0.946. The molecule has 6 heteroatoms. The van der Waals surface area contributed by atoms with E-state index in [4.69, 9.17) is 16.3 Å². The molecule has 2 rings (SSSR count). The number of carboxylic acids is 1. The molecule has 0 heterocycles. The molecule has 2 N–H and O–H groups in total. The number of halogens is 1. The zero-order chi connectivity index (χ0) is 16.8. The van der Waals surface area contributed by atoms with Crippen LogP contribution in [0.1, 0.15) is 15.9 Å². The fraction of sp³-hybridized carbons (Fsp3) is 0.176. The van der Waals surface area contributed by atoms with E-state index in [1.807, 2.05) is 0 Å². The first-order valence-electron chi connectivity index (χ1n) is 6.92. The van der Waals surface area contributed by atoms with E-state index in [1.54, 1.807) is 55.6 Å². The number of carboxylic acid groups (broad SMARTS) is 1. The molecular formula is C17H16ClNO4. The average Bonchev–Trinajstić information content (AvgIpc) is 2.55. The summed E-state index contributed by atoms with van der Waals surface area (Å²) in [6.45, 7) is 0. The number of aliphatic carboxylic acids is 1. The lowest BCUT2D eigenvalue weighted by atomic mass is 10.1. The molecule has 0 aliphatic carbocycles. The van der Waals surface area contributed by atoms with Gasteiger partial charge in [-0.2, -0.15) is 0 Å². The largest absolute Gasteiger partial charge is 0.497 e. The Morgan fingerprint density at radius 2 is 1.83 bits per heavy atom. The summed E-state index contributed by atoms with van der Waals surface area (Å²) in [6.07, 6.45) is 0.162. The molecule has 0 saturated heterocycles. The normalized spacial score (nSPS) is 11.6. The van der Waals surface area contributed by atoms with Crippen molar-refractivity contribution < 1.29 is 19.4 Å². The van der Waals surface area contributed by atoms with Crippen molar-refractivity contribution in [2.75, 3.05) is 7.11 Å². The summed E-state index contributed by atoms with van der Waals surface area (Å²) in [4.78, 5) is 23.6. The van der Waals surface area contributed by atoms with Gasteiger partial charge in [-0.05, 0) is 29.8 Å². The minimum atomic E-state index is -1.11. The van der Waals surface area contributed by atoms with Gasteiger partial charge >= 0.3 is 5.97 Å². The minimum absolute atomic E-state index is 0.162. The van der Waals surface area contributed by atoms with Crippen LogP contribution in [0.15, 0.2) is 48.5 Å². The molecule has 120 valence electrons. The number of carbonyl (C=O) groups is 2. The van der Waals surface area contributed by atoms with Crippen molar-refractivity contribution in [2.24, 2.45) is 0 Å². The highest BCUT2D eigenvalue weighted by molar-refractivity contribution is 6.33. The van der Waals surface area contributed by atoms with Gasteiger partial charge in [0.1, 0.15) is 11.8 Å². The standard InChI is InChI=1S/C17H16ClNO4/c1-23-12-8-6-11(7-9-12)10-15(17(21)22)19-16(20)13-4-2-3-5-14(13)18/h2-9,15H,10H2,1H3,(H,19,20)(H,21,22). The number of carbonyl (C=O) groups excluding carboxylic acids is 1. The highest BCUT2D eigenvalue weighted by Crippen LogP contribution is 2.16. The molecular weight excluding hydrogens is 318 g/mol. The van der Waals surface area contributed by atoms with Crippen molar-refractivity contribution in [3.8, 4) is 5.75 Å². The molecule has 2 aromatic carbocycles. The van der Waals surface area contributed by atoms with Crippen LogP contribution in [0.3, 0.4) is 0 Å². The second-order valence-electron chi connectivity index (χ2n) is 4.90. The first kappa shape index (κ1) is 16.8. The molecule has 1 atom stereocenters. The summed E-state index contributed by atoms with van der Waals surface area (Å²) in [5, 5.41) is 12.1. The Balaban J connectivity index is 2.11. The van der Waals surface area contributed by atoms with Crippen LogP contribution in [0.25, 0.3) is 0 Å². The number of ether oxygens (including phenoxy) is 1. The highest BCUT2D eigenvalue weighted by Gasteiger charge is 2.22. The lowest BCUT2D eigenvalue weighted by molar-refractivity contribution is -0.139. The number of methoxy groups -OCH3 is 1. The molecule has 5 nitrogen and oxygen atoms in total. The fourth-order valence-corrected chi connectivity index (χ4v) is 2.30. The van der Waals surface area contributed by atoms with Gasteiger partial charge < -0.3 is 15.2 Å². The molecule has 0 bridgehead atoms. The Kier molecular flexibility index (Phi) is 5.60. The fourth-order valence-electron chi connectivity index (χ4n) is 2.08. The van der Waals surface area contributed by atoms with E-state index in [-0.39, 0.29) is 17.0 Å². The molecule has 0 fully saturated rings. The van der Waals surface area contributed by atoms with Gasteiger partial charge in [0.2, 0.25) is 0 Å². The average molecular weight is 334 g/mol. The lowest BCUT2D eigenvalue weighted by Crippen LogP contribution is -2.42. The lowest BCUT2D eigenvalue weighted by Gasteiger charge is -2.15. The van der Waals surface area contributed by atoms with E-state index in [0.717, 1.165) is 5.56 Å². The Hall–Kier alpha value is -2.53. The summed E-state index contributed by atoms with van der Waals surface area (Å²) in [5.41, 5.74) is 1.02. The first-order valence-corrected chi connectivity index (χ1v) is 7.30. The number of rotatable bonds is 6. The maximum absolute atomic E-state index is 12.2. The van der Waals surface area contributed by atoms with Gasteiger partial charge in [0.05, 0.1) is 17.7 Å². The van der Waals surface area contributed by atoms with Crippen LogP contribution in [0.4, 0.5) is 0 Å². The minimum Gasteiger partial charge on any atom is -0.497 e. The maximum atomic E-state index is 12.2. The molecule has 0 aromatic heterocycles. The van der Waals surface area contributed by atoms with E-state index in [2.05, 4.69) is 5.32 Å². The van der Waals surface area contributed by atoms with Crippen LogP contribution in [0.5, 0.6) is 5.75 Å². The van der Waals surface area contributed by atoms with Crippen molar-refractivity contribution >= 4 is 23.5 Å². The monoisotopic (exact) mass is 333 g/mol. The van der Waals surface area contributed by atoms with Crippen molar-refractivity contribution in [1.29, 1.82) is 0 Å². The zero-order valence-corrected chi connectivity index (χ0v) is 13.2. The summed E-state index contributed by atoms with van der Waals surface area (Å²) >= 11 is 5.95. The number of nitrogens with one attached hydrogen (secondary N) is 1. The van der Waals surface area contributed by atoms with E-state index < -0.39 is 17.9 Å². The van der Waals surface area contributed by atoms with E-state index in [1.165, 1.54) is 0 Å². The number of benzene rings is 2. The number of hydrogen-bond donors (Lipinski definition) is 2. The molecule has 23 heavy (non-hydrogen) atoms. The maximum Gasteiger partial charge on any atom is 0.326 e. The Morgan fingerprint density at radius 3 is 2.39 bits per heavy atom. The van der Waals surface area contributed by atoms with Gasteiger partial charge in [-0.3, -0.25) is 4.79 Å². The van der Waals surface area contributed by atoms with Crippen molar-refractivity contribution in [2.45, 2.75) is 12.5 Å². The smallest absolute Gasteiger partial charge is 0.326 e. The van der Waals surface area contributed by atoms with Crippen molar-refractivity contribution in [3.63, 3.8) is 0 Å². The van der Waals surface area contributed by atoms with Crippen LogP contribution >= 0.6 is 11.6 Å². The van der Waals surface area contributed by atoms with Gasteiger partial charge in [-0.25, -0.2) is 4.79 Å². The van der Waals surface area contributed by atoms with Crippen LogP contribution in [0.2, 0.25) is 5.02 Å². The molecule has 0 spiro atoms. The molecule has 0 aliphatic heterocycles. The third-order valence-corrected chi connectivity index (χ3v) is 3.65. The summed E-state index contributed by atoms with van der Waals surface area (Å²) < 4.78 is 5.06. The number of hydrogen-bond acceptors (Lipinski definition) is 3. The van der Waals surface area contributed by atoms with Gasteiger partial charge in [0.15, 0.2) is 0 Å². The second-order valence-corrected chi connectivity index (χ2v) is 5.30. The third-order valence-electron chi connectivity index (χ3n) is 3.32. The van der Waals surface area contributed by atoms with E-state index >= 15 is 0 Å². The van der Waals surface area contributed by atoms with Gasteiger partial charge in [-0.15, -0.1) is 0 Å². The topological polar surface area (TPSA) is 75.6 Å². The van der Waals surface area contributed by atoms with E-state index in [0.29, 0.717) is 5.75 Å². The first-order chi connectivity index (χ1) is 11.0. The molecule has 1 amide bonds. The van der Waals surface area contributed by atoms with Gasteiger partial charge in [0, 0.05) is 6.42 Å². The van der Waals surface area contributed by atoms with Crippen LogP contribution in [-0.4, -0.2) is 30.1 Å². The highest BCUT2D eigenvalue weighted by atomic mass is 35.5. The summed E-state index contributed by atoms with van der Waals surface area (Å²) in [7, 11) is 1.55. The SMILES string of the molecule is COc1ccc(CC(NC(=O)c2ccccc2Cl)C(=O)O)cc1. The van der Waals surface area contributed by atoms with Crippen molar-refractivity contribution in [1.82, 2.24) is 5.32 Å². The van der Waals surface area contributed by atoms with Crippen LogP contribution in [-0.2, 0) is 11.2 Å². The predicted molar refractivity (Wildman–Crippen MR) is 87.0 cm³/mol. The van der Waals surface area contributed by atoms with E-state index in [9.17, 15) is 14.7 Å². The molecule has 0 saturated carbocycles. The zero-order valence-electron chi connectivity index (χ0n) is 12.5. The molecule has 0 radical (unpaired) electrons. The summed E-state index contributed by atoms with van der Waals surface area (Å²) in [6, 6.07) is 12.4. The quantitative estimate of drug-likeness (QED) is 0.852. The Bertz CT molecular complexity index is 700. The predicted octanol–water partition coefficient (Wildman–Crippen LogP) is 2.77. The second kappa shape index (κ2) is 7.65. The molecule has 0 aliphatic rings.